The van der Waals surface area contributed by atoms with Gasteiger partial charge in [-0.15, -0.1) is 0 Å². The number of anilines is 3. The van der Waals surface area contributed by atoms with Gasteiger partial charge in [-0.3, -0.25) is 0 Å². The van der Waals surface area contributed by atoms with Gasteiger partial charge in [0.15, 0.2) is 5.82 Å². The van der Waals surface area contributed by atoms with Gasteiger partial charge < -0.3 is 15.4 Å². The molecule has 0 aliphatic carbocycles. The van der Waals surface area contributed by atoms with Crippen molar-refractivity contribution in [2.45, 2.75) is 20.0 Å². The van der Waals surface area contributed by atoms with Gasteiger partial charge in [0.05, 0.1) is 17.7 Å². The number of nitriles is 1. The number of benzene rings is 1. The molecule has 0 fully saturated rings. The highest BCUT2D eigenvalue weighted by atomic mass is 16.5. The van der Waals surface area contributed by atoms with Crippen molar-refractivity contribution < 1.29 is 4.74 Å². The number of ether oxygens (including phenoxy) is 1. The van der Waals surface area contributed by atoms with E-state index in [1.165, 1.54) is 6.33 Å². The highest BCUT2D eigenvalue weighted by Crippen LogP contribution is 2.32. The highest BCUT2D eigenvalue weighted by Gasteiger charge is 2.15. The van der Waals surface area contributed by atoms with Gasteiger partial charge in [0, 0.05) is 12.7 Å². The molecule has 21 heavy (non-hydrogen) atoms. The lowest BCUT2D eigenvalue weighted by atomic mass is 10.2. The predicted octanol–water partition coefficient (Wildman–Crippen LogP) is 2.49. The van der Waals surface area contributed by atoms with Crippen molar-refractivity contribution in [3.8, 4) is 11.9 Å². The molecule has 2 N–H and O–H groups in total. The van der Waals surface area contributed by atoms with Crippen molar-refractivity contribution in [2.75, 3.05) is 17.7 Å². The number of aromatic nitrogens is 2. The second-order valence-electron chi connectivity index (χ2n) is 4.80. The SMILES string of the molecule is CC(C)Oc1ncnc(N(C)c2ccc(C#N)cc2)c1N. The molecular weight excluding hydrogens is 266 g/mol. The van der Waals surface area contributed by atoms with E-state index in [2.05, 4.69) is 16.0 Å². The number of nitrogens with two attached hydrogens (primary N) is 1. The molecule has 2 rings (SSSR count). The number of nitrogen functional groups attached to an aromatic ring is 1. The molecule has 1 aromatic carbocycles. The maximum Gasteiger partial charge on any atom is 0.242 e. The second-order valence-corrected chi connectivity index (χ2v) is 4.80. The highest BCUT2D eigenvalue weighted by molar-refractivity contribution is 5.73. The van der Waals surface area contributed by atoms with Crippen LogP contribution in [0.1, 0.15) is 19.4 Å². The summed E-state index contributed by atoms with van der Waals surface area (Å²) >= 11 is 0. The zero-order valence-corrected chi connectivity index (χ0v) is 12.2. The first-order valence-electron chi connectivity index (χ1n) is 6.54. The van der Waals surface area contributed by atoms with Crippen LogP contribution in [0.2, 0.25) is 0 Å². The number of rotatable bonds is 4. The van der Waals surface area contributed by atoms with Crippen LogP contribution >= 0.6 is 0 Å². The molecule has 0 amide bonds. The maximum atomic E-state index is 8.83. The molecule has 0 atom stereocenters. The molecule has 6 nitrogen and oxygen atoms in total. The van der Waals surface area contributed by atoms with Crippen LogP contribution in [0.4, 0.5) is 17.2 Å². The fraction of sp³-hybridized carbons (Fsp3) is 0.267. The second kappa shape index (κ2) is 6.09. The maximum absolute atomic E-state index is 8.83. The Balaban J connectivity index is 2.34. The van der Waals surface area contributed by atoms with Gasteiger partial charge >= 0.3 is 0 Å². The quantitative estimate of drug-likeness (QED) is 0.927. The molecule has 0 unspecified atom stereocenters. The Morgan fingerprint density at radius 1 is 1.24 bits per heavy atom. The predicted molar refractivity (Wildman–Crippen MR) is 81.4 cm³/mol. The molecule has 0 radical (unpaired) electrons. The number of nitrogens with zero attached hydrogens (tertiary/aromatic N) is 4. The molecule has 1 aromatic heterocycles. The standard InChI is InChI=1S/C15H17N5O/c1-10(2)21-15-13(17)14(18-9-19-15)20(3)12-6-4-11(8-16)5-7-12/h4-7,9-10H,17H2,1-3H3. The van der Waals surface area contributed by atoms with Gasteiger partial charge in [0.2, 0.25) is 5.88 Å². The third-order valence-electron chi connectivity index (χ3n) is 2.88. The van der Waals surface area contributed by atoms with Gasteiger partial charge in [-0.25, -0.2) is 4.98 Å². The third kappa shape index (κ3) is 3.20. The fourth-order valence-electron chi connectivity index (χ4n) is 1.84. The van der Waals surface area contributed by atoms with Crippen LogP contribution in [0.3, 0.4) is 0 Å². The van der Waals surface area contributed by atoms with Crippen molar-refractivity contribution >= 4 is 17.2 Å². The van der Waals surface area contributed by atoms with Crippen LogP contribution in [0.25, 0.3) is 0 Å². The lowest BCUT2D eigenvalue weighted by molar-refractivity contribution is 0.234. The first-order valence-corrected chi connectivity index (χ1v) is 6.54. The zero-order chi connectivity index (χ0) is 15.4. The Labute approximate surface area is 123 Å². The Morgan fingerprint density at radius 2 is 1.90 bits per heavy atom. The lowest BCUT2D eigenvalue weighted by Gasteiger charge is -2.21. The Kier molecular flexibility index (Phi) is 4.24. The van der Waals surface area contributed by atoms with E-state index in [0.717, 1.165) is 5.69 Å². The summed E-state index contributed by atoms with van der Waals surface area (Å²) < 4.78 is 5.56. The first kappa shape index (κ1) is 14.6. The molecule has 0 bridgehead atoms. The van der Waals surface area contributed by atoms with Gasteiger partial charge in [0.25, 0.3) is 0 Å². The van der Waals surface area contributed by atoms with Crippen LogP contribution in [0.15, 0.2) is 30.6 Å². The average molecular weight is 283 g/mol. The van der Waals surface area contributed by atoms with Crippen molar-refractivity contribution in [3.05, 3.63) is 36.2 Å². The normalized spacial score (nSPS) is 10.2. The van der Waals surface area contributed by atoms with E-state index in [0.29, 0.717) is 22.9 Å². The van der Waals surface area contributed by atoms with Crippen molar-refractivity contribution in [1.82, 2.24) is 9.97 Å². The molecular formula is C15H17N5O. The largest absolute Gasteiger partial charge is 0.473 e. The van der Waals surface area contributed by atoms with Crippen molar-refractivity contribution in [1.29, 1.82) is 5.26 Å². The summed E-state index contributed by atoms with van der Waals surface area (Å²) in [6.45, 7) is 3.82. The van der Waals surface area contributed by atoms with Gasteiger partial charge in [-0.1, -0.05) is 0 Å². The minimum absolute atomic E-state index is 0.0183. The van der Waals surface area contributed by atoms with Crippen LogP contribution in [0, 0.1) is 11.3 Å². The topological polar surface area (TPSA) is 88.1 Å². The number of hydrogen-bond acceptors (Lipinski definition) is 6. The van der Waals surface area contributed by atoms with E-state index < -0.39 is 0 Å². The summed E-state index contributed by atoms with van der Waals surface area (Å²) in [6, 6.07) is 9.25. The van der Waals surface area contributed by atoms with E-state index in [9.17, 15) is 0 Å². The molecule has 0 aliphatic heterocycles. The first-order chi connectivity index (χ1) is 10.0. The van der Waals surface area contributed by atoms with Crippen LogP contribution in [-0.4, -0.2) is 23.1 Å². The molecule has 6 heteroatoms. The zero-order valence-electron chi connectivity index (χ0n) is 12.2. The molecule has 0 spiro atoms. The van der Waals surface area contributed by atoms with E-state index in [4.69, 9.17) is 15.7 Å². The molecule has 2 aromatic rings. The van der Waals surface area contributed by atoms with Crippen LogP contribution in [0.5, 0.6) is 5.88 Å². The fourth-order valence-corrected chi connectivity index (χ4v) is 1.84. The summed E-state index contributed by atoms with van der Waals surface area (Å²) in [7, 11) is 1.85. The van der Waals surface area contributed by atoms with Crippen molar-refractivity contribution in [2.24, 2.45) is 0 Å². The van der Waals surface area contributed by atoms with Gasteiger partial charge in [-0.2, -0.15) is 10.2 Å². The summed E-state index contributed by atoms with van der Waals surface area (Å²) in [4.78, 5) is 10.1. The monoisotopic (exact) mass is 283 g/mol. The average Bonchev–Trinajstić information content (AvgIpc) is 2.48. The van der Waals surface area contributed by atoms with Gasteiger partial charge in [-0.05, 0) is 38.1 Å². The van der Waals surface area contributed by atoms with Crippen LogP contribution in [-0.2, 0) is 0 Å². The van der Waals surface area contributed by atoms with E-state index in [1.807, 2.05) is 37.9 Å². The Hall–Kier alpha value is -2.81. The molecule has 0 aliphatic rings. The Bertz CT molecular complexity index is 661. The lowest BCUT2D eigenvalue weighted by Crippen LogP contribution is -2.16. The number of hydrogen-bond donors (Lipinski definition) is 1. The van der Waals surface area contributed by atoms with E-state index in [1.54, 1.807) is 12.1 Å². The summed E-state index contributed by atoms with van der Waals surface area (Å²) in [5.74, 6) is 0.931. The molecule has 108 valence electrons. The molecule has 1 heterocycles. The summed E-state index contributed by atoms with van der Waals surface area (Å²) in [6.07, 6.45) is 1.40. The van der Waals surface area contributed by atoms with E-state index >= 15 is 0 Å². The summed E-state index contributed by atoms with van der Waals surface area (Å²) in [5, 5.41) is 8.83. The smallest absolute Gasteiger partial charge is 0.242 e. The van der Waals surface area contributed by atoms with Crippen LogP contribution < -0.4 is 15.4 Å². The Morgan fingerprint density at radius 3 is 2.48 bits per heavy atom. The third-order valence-corrected chi connectivity index (χ3v) is 2.88. The van der Waals surface area contributed by atoms with Gasteiger partial charge in [0.1, 0.15) is 12.0 Å². The minimum Gasteiger partial charge on any atom is -0.473 e. The van der Waals surface area contributed by atoms with Crippen molar-refractivity contribution in [3.63, 3.8) is 0 Å². The molecule has 0 saturated carbocycles. The summed E-state index contributed by atoms with van der Waals surface area (Å²) in [5.41, 5.74) is 7.94. The molecule has 0 saturated heterocycles. The van der Waals surface area contributed by atoms with E-state index in [-0.39, 0.29) is 6.10 Å². The minimum atomic E-state index is -0.0183.